The van der Waals surface area contributed by atoms with E-state index in [9.17, 15) is 9.90 Å². The van der Waals surface area contributed by atoms with Crippen molar-refractivity contribution in [1.29, 1.82) is 0 Å². The van der Waals surface area contributed by atoms with E-state index in [0.717, 1.165) is 0 Å². The van der Waals surface area contributed by atoms with Crippen LogP contribution in [0.5, 0.6) is 0 Å². The summed E-state index contributed by atoms with van der Waals surface area (Å²) in [4.78, 5) is 12.8. The van der Waals surface area contributed by atoms with Crippen molar-refractivity contribution in [3.63, 3.8) is 0 Å². The van der Waals surface area contributed by atoms with E-state index in [1.54, 1.807) is 6.07 Å². The van der Waals surface area contributed by atoms with Crippen molar-refractivity contribution in [2.75, 3.05) is 31.3 Å². The minimum Gasteiger partial charge on any atom is -0.394 e. The van der Waals surface area contributed by atoms with Crippen LogP contribution in [0.3, 0.4) is 0 Å². The van der Waals surface area contributed by atoms with Crippen LogP contribution in [0, 0.1) is 0 Å². The summed E-state index contributed by atoms with van der Waals surface area (Å²) >= 11 is 0. The molecule has 1 saturated heterocycles. The van der Waals surface area contributed by atoms with Gasteiger partial charge < -0.3 is 20.5 Å². The van der Waals surface area contributed by atoms with Crippen LogP contribution in [0.25, 0.3) is 0 Å². The van der Waals surface area contributed by atoms with Crippen LogP contribution < -0.4 is 10.6 Å². The Kier molecular flexibility index (Phi) is 3.50. The molecule has 92 valence electrons. The molecule has 17 heavy (non-hydrogen) atoms. The average Bonchev–Trinajstić information content (AvgIpc) is 2.39. The summed E-state index contributed by atoms with van der Waals surface area (Å²) in [6.45, 7) is 1.65. The summed E-state index contributed by atoms with van der Waals surface area (Å²) in [5, 5.41) is 16.9. The van der Waals surface area contributed by atoms with Gasteiger partial charge in [0.1, 0.15) is 0 Å². The number of primary amides is 1. The van der Waals surface area contributed by atoms with Gasteiger partial charge in [-0.3, -0.25) is 4.79 Å². The molecule has 1 unspecified atom stereocenters. The molecule has 0 saturated carbocycles. The van der Waals surface area contributed by atoms with Crippen molar-refractivity contribution >= 4 is 11.7 Å². The molecule has 1 aliphatic heterocycles. The summed E-state index contributed by atoms with van der Waals surface area (Å²) in [6.07, 6.45) is 0. The van der Waals surface area contributed by atoms with E-state index in [2.05, 4.69) is 10.2 Å². The SMILES string of the molecule is NC(=O)c1ccc(N2CCOCC2CO)nn1. The number of amides is 1. The monoisotopic (exact) mass is 238 g/mol. The second kappa shape index (κ2) is 5.07. The van der Waals surface area contributed by atoms with Crippen LogP contribution in [0.2, 0.25) is 0 Å². The maximum Gasteiger partial charge on any atom is 0.269 e. The summed E-state index contributed by atoms with van der Waals surface area (Å²) in [5.41, 5.74) is 5.21. The zero-order valence-electron chi connectivity index (χ0n) is 9.24. The van der Waals surface area contributed by atoms with Crippen LogP contribution in [0.1, 0.15) is 10.5 Å². The molecule has 2 rings (SSSR count). The average molecular weight is 238 g/mol. The Morgan fingerprint density at radius 1 is 1.59 bits per heavy atom. The zero-order valence-corrected chi connectivity index (χ0v) is 9.24. The second-order valence-corrected chi connectivity index (χ2v) is 3.75. The van der Waals surface area contributed by atoms with Gasteiger partial charge >= 0.3 is 0 Å². The predicted octanol–water partition coefficient (Wildman–Crippen LogP) is -1.23. The molecule has 0 radical (unpaired) electrons. The van der Waals surface area contributed by atoms with Gasteiger partial charge in [-0.15, -0.1) is 10.2 Å². The first-order valence-electron chi connectivity index (χ1n) is 5.31. The summed E-state index contributed by atoms with van der Waals surface area (Å²) < 4.78 is 5.26. The third-order valence-electron chi connectivity index (χ3n) is 2.64. The van der Waals surface area contributed by atoms with Crippen LogP contribution in [0.15, 0.2) is 12.1 Å². The maximum atomic E-state index is 10.9. The molecule has 0 bridgehead atoms. The van der Waals surface area contributed by atoms with Gasteiger partial charge in [0.2, 0.25) is 0 Å². The van der Waals surface area contributed by atoms with Crippen LogP contribution in [-0.2, 0) is 4.74 Å². The lowest BCUT2D eigenvalue weighted by atomic mass is 10.2. The third-order valence-corrected chi connectivity index (χ3v) is 2.64. The highest BCUT2D eigenvalue weighted by molar-refractivity contribution is 5.90. The van der Waals surface area contributed by atoms with E-state index in [-0.39, 0.29) is 18.3 Å². The quantitative estimate of drug-likeness (QED) is 0.684. The van der Waals surface area contributed by atoms with Gasteiger partial charge in [-0.05, 0) is 12.1 Å². The van der Waals surface area contributed by atoms with E-state index in [1.807, 2.05) is 4.90 Å². The summed E-state index contributed by atoms with van der Waals surface area (Å²) in [7, 11) is 0. The smallest absolute Gasteiger partial charge is 0.269 e. The largest absolute Gasteiger partial charge is 0.394 e. The molecule has 3 N–H and O–H groups in total. The number of hydrogen-bond donors (Lipinski definition) is 2. The molecule has 0 aliphatic carbocycles. The Morgan fingerprint density at radius 2 is 2.41 bits per heavy atom. The lowest BCUT2D eigenvalue weighted by Gasteiger charge is -2.34. The highest BCUT2D eigenvalue weighted by Crippen LogP contribution is 2.16. The van der Waals surface area contributed by atoms with Crippen LogP contribution in [0.4, 0.5) is 5.82 Å². The Balaban J connectivity index is 2.17. The Hall–Kier alpha value is -1.73. The van der Waals surface area contributed by atoms with Gasteiger partial charge in [-0.25, -0.2) is 0 Å². The minimum absolute atomic E-state index is 0.0146. The Morgan fingerprint density at radius 3 is 3.00 bits per heavy atom. The number of nitrogens with zero attached hydrogens (tertiary/aromatic N) is 3. The van der Waals surface area contributed by atoms with E-state index < -0.39 is 5.91 Å². The highest BCUT2D eigenvalue weighted by atomic mass is 16.5. The normalized spacial score (nSPS) is 20.3. The molecular weight excluding hydrogens is 224 g/mol. The Bertz CT molecular complexity index is 395. The molecule has 0 spiro atoms. The van der Waals surface area contributed by atoms with E-state index in [1.165, 1.54) is 6.07 Å². The van der Waals surface area contributed by atoms with Crippen molar-refractivity contribution in [1.82, 2.24) is 10.2 Å². The zero-order chi connectivity index (χ0) is 12.3. The van der Waals surface area contributed by atoms with Crippen LogP contribution in [-0.4, -0.2) is 53.6 Å². The fourth-order valence-corrected chi connectivity index (χ4v) is 1.72. The molecule has 2 heterocycles. The van der Waals surface area contributed by atoms with Crippen molar-refractivity contribution in [3.8, 4) is 0 Å². The van der Waals surface area contributed by atoms with Gasteiger partial charge in [-0.1, -0.05) is 0 Å². The number of aliphatic hydroxyl groups is 1. The number of rotatable bonds is 3. The molecule has 1 atom stereocenters. The first-order chi connectivity index (χ1) is 8.22. The number of aromatic nitrogens is 2. The first kappa shape index (κ1) is 11.7. The number of carbonyl (C=O) groups excluding carboxylic acids is 1. The lowest BCUT2D eigenvalue weighted by molar-refractivity contribution is 0.0721. The molecule has 1 aliphatic rings. The van der Waals surface area contributed by atoms with Crippen molar-refractivity contribution < 1.29 is 14.6 Å². The number of nitrogens with two attached hydrogens (primary N) is 1. The van der Waals surface area contributed by atoms with Crippen LogP contribution >= 0.6 is 0 Å². The van der Waals surface area contributed by atoms with E-state index in [4.69, 9.17) is 10.5 Å². The predicted molar refractivity (Wildman–Crippen MR) is 59.6 cm³/mol. The van der Waals surface area contributed by atoms with Gasteiger partial charge in [0.25, 0.3) is 5.91 Å². The van der Waals surface area contributed by atoms with Gasteiger partial charge in [0.05, 0.1) is 25.9 Å². The molecule has 1 amide bonds. The molecule has 7 heteroatoms. The van der Waals surface area contributed by atoms with Gasteiger partial charge in [0, 0.05) is 6.54 Å². The summed E-state index contributed by atoms with van der Waals surface area (Å²) in [6, 6.07) is 3.06. The van der Waals surface area contributed by atoms with Gasteiger partial charge in [-0.2, -0.15) is 0 Å². The third kappa shape index (κ3) is 2.51. The maximum absolute atomic E-state index is 10.9. The molecule has 0 aromatic carbocycles. The fraction of sp³-hybridized carbons (Fsp3) is 0.500. The summed E-state index contributed by atoms with van der Waals surface area (Å²) in [5.74, 6) is 0.00193. The minimum atomic E-state index is -0.607. The van der Waals surface area contributed by atoms with E-state index >= 15 is 0 Å². The topological polar surface area (TPSA) is 102 Å². The van der Waals surface area contributed by atoms with Gasteiger partial charge in [0.15, 0.2) is 11.5 Å². The lowest BCUT2D eigenvalue weighted by Crippen LogP contribution is -2.48. The first-order valence-corrected chi connectivity index (χ1v) is 5.31. The molecule has 1 fully saturated rings. The molecule has 7 nitrogen and oxygen atoms in total. The number of hydrogen-bond acceptors (Lipinski definition) is 6. The number of ether oxygens (including phenoxy) is 1. The number of anilines is 1. The van der Waals surface area contributed by atoms with Crippen molar-refractivity contribution in [2.24, 2.45) is 5.73 Å². The molecule has 1 aromatic rings. The number of morpholine rings is 1. The number of aliphatic hydroxyl groups excluding tert-OH is 1. The number of carbonyl (C=O) groups is 1. The van der Waals surface area contributed by atoms with Crippen molar-refractivity contribution in [3.05, 3.63) is 17.8 Å². The fourth-order valence-electron chi connectivity index (χ4n) is 1.72. The molecular formula is C10H14N4O3. The van der Waals surface area contributed by atoms with Crippen molar-refractivity contribution in [2.45, 2.75) is 6.04 Å². The molecule has 1 aromatic heterocycles. The highest BCUT2D eigenvalue weighted by Gasteiger charge is 2.23. The van der Waals surface area contributed by atoms with E-state index in [0.29, 0.717) is 25.6 Å². The standard InChI is InChI=1S/C10H14N4O3/c11-10(16)8-1-2-9(13-12-8)14-3-4-17-6-7(14)5-15/h1-2,7,15H,3-6H2,(H2,11,16). The second-order valence-electron chi connectivity index (χ2n) is 3.75. The Labute approximate surface area is 98.2 Å².